The Morgan fingerprint density at radius 1 is 1.05 bits per heavy atom. The lowest BCUT2D eigenvalue weighted by molar-refractivity contribution is -0.127. The van der Waals surface area contributed by atoms with Crippen LogP contribution in [0.1, 0.15) is 37.5 Å². The van der Waals surface area contributed by atoms with Gasteiger partial charge < -0.3 is 14.8 Å². The highest BCUT2D eigenvalue weighted by Crippen LogP contribution is 2.40. The molecule has 0 radical (unpaired) electrons. The molecule has 1 aliphatic heterocycles. The zero-order valence-corrected chi connectivity index (χ0v) is 22.8. The first-order valence-electron chi connectivity index (χ1n) is 12.3. The molecule has 7 nitrogen and oxygen atoms in total. The highest BCUT2D eigenvalue weighted by atomic mass is 32.2. The molecule has 0 aliphatic carbocycles. The number of ether oxygens (including phenoxy) is 2. The first-order chi connectivity index (χ1) is 17.5. The molecule has 8 heteroatoms. The van der Waals surface area contributed by atoms with Gasteiger partial charge in [-0.1, -0.05) is 57.2 Å². The van der Waals surface area contributed by atoms with Crippen LogP contribution in [0.25, 0.3) is 0 Å². The summed E-state index contributed by atoms with van der Waals surface area (Å²) in [5, 5.41) is 2.82. The number of sulfonamides is 1. The second kappa shape index (κ2) is 10.5. The van der Waals surface area contributed by atoms with Gasteiger partial charge in [-0.2, -0.15) is 0 Å². The van der Waals surface area contributed by atoms with Crippen LogP contribution in [0.15, 0.2) is 71.6 Å². The average molecular weight is 523 g/mol. The Kier molecular flexibility index (Phi) is 7.50. The van der Waals surface area contributed by atoms with Crippen molar-refractivity contribution in [3.05, 3.63) is 83.4 Å². The van der Waals surface area contributed by atoms with Crippen molar-refractivity contribution in [1.29, 1.82) is 0 Å². The number of amides is 1. The van der Waals surface area contributed by atoms with Gasteiger partial charge >= 0.3 is 0 Å². The first kappa shape index (κ1) is 26.5. The van der Waals surface area contributed by atoms with Gasteiger partial charge in [-0.25, -0.2) is 8.42 Å². The SMILES string of the molecule is Cc1ccc(C)c(OCCNC(=O)[C@H]2CN(S(=O)(=O)c3ccccc3)c3cc(C(C)(C)C)ccc3O2)c1. The third-order valence-corrected chi connectivity index (χ3v) is 8.11. The molecular weight excluding hydrogens is 488 g/mol. The Labute approximate surface area is 219 Å². The monoisotopic (exact) mass is 522 g/mol. The molecule has 1 N–H and O–H groups in total. The number of fused-ring (bicyclic) bond motifs is 1. The first-order valence-corrected chi connectivity index (χ1v) is 13.8. The van der Waals surface area contributed by atoms with Crippen molar-refractivity contribution in [2.45, 2.75) is 51.0 Å². The number of hydrogen-bond donors (Lipinski definition) is 1. The lowest BCUT2D eigenvalue weighted by Crippen LogP contribution is -2.51. The summed E-state index contributed by atoms with van der Waals surface area (Å²) < 4.78 is 40.5. The molecule has 4 rings (SSSR count). The van der Waals surface area contributed by atoms with Crippen LogP contribution < -0.4 is 19.1 Å². The maximum atomic E-state index is 13.7. The highest BCUT2D eigenvalue weighted by molar-refractivity contribution is 7.92. The predicted octanol–water partition coefficient (Wildman–Crippen LogP) is 4.75. The van der Waals surface area contributed by atoms with E-state index in [1.54, 1.807) is 36.4 Å². The topological polar surface area (TPSA) is 84.9 Å². The van der Waals surface area contributed by atoms with E-state index in [0.717, 1.165) is 22.4 Å². The van der Waals surface area contributed by atoms with Gasteiger partial charge in [0.15, 0.2) is 6.10 Å². The molecule has 1 amide bonds. The summed E-state index contributed by atoms with van der Waals surface area (Å²) in [5.41, 5.74) is 3.31. The molecule has 3 aromatic carbocycles. The van der Waals surface area contributed by atoms with Crippen molar-refractivity contribution >= 4 is 21.6 Å². The number of rotatable bonds is 7. The van der Waals surface area contributed by atoms with E-state index in [1.165, 1.54) is 4.31 Å². The Balaban J connectivity index is 1.54. The molecule has 3 aromatic rings. The Bertz CT molecular complexity index is 1380. The highest BCUT2D eigenvalue weighted by Gasteiger charge is 2.38. The minimum absolute atomic E-state index is 0.137. The van der Waals surface area contributed by atoms with Crippen molar-refractivity contribution in [1.82, 2.24) is 5.32 Å². The van der Waals surface area contributed by atoms with Crippen LogP contribution in [0.2, 0.25) is 0 Å². The van der Waals surface area contributed by atoms with E-state index in [2.05, 4.69) is 26.1 Å². The molecule has 0 fully saturated rings. The lowest BCUT2D eigenvalue weighted by atomic mass is 9.86. The van der Waals surface area contributed by atoms with Crippen molar-refractivity contribution in [2.75, 3.05) is 24.0 Å². The molecular formula is C29H34N2O5S. The van der Waals surface area contributed by atoms with E-state index < -0.39 is 22.0 Å². The fraction of sp³-hybridized carbons (Fsp3) is 0.345. The summed E-state index contributed by atoms with van der Waals surface area (Å²) in [6, 6.07) is 19.7. The zero-order chi connectivity index (χ0) is 26.8. The maximum Gasteiger partial charge on any atom is 0.264 e. The van der Waals surface area contributed by atoms with Gasteiger partial charge in [0.1, 0.15) is 18.1 Å². The quantitative estimate of drug-likeness (QED) is 0.453. The number of nitrogens with one attached hydrogen (secondary N) is 1. The molecule has 0 saturated carbocycles. The fourth-order valence-corrected chi connectivity index (χ4v) is 5.60. The molecule has 37 heavy (non-hydrogen) atoms. The summed E-state index contributed by atoms with van der Waals surface area (Å²) in [4.78, 5) is 13.2. The van der Waals surface area contributed by atoms with Gasteiger partial charge in [0.25, 0.3) is 15.9 Å². The lowest BCUT2D eigenvalue weighted by Gasteiger charge is -2.36. The molecule has 0 unspecified atom stereocenters. The summed E-state index contributed by atoms with van der Waals surface area (Å²) >= 11 is 0. The van der Waals surface area contributed by atoms with Crippen molar-refractivity contribution in [2.24, 2.45) is 0 Å². The Morgan fingerprint density at radius 3 is 2.49 bits per heavy atom. The van der Waals surface area contributed by atoms with Crippen molar-refractivity contribution < 1.29 is 22.7 Å². The molecule has 0 bridgehead atoms. The van der Waals surface area contributed by atoms with Gasteiger partial charge in [0.05, 0.1) is 23.7 Å². The zero-order valence-electron chi connectivity index (χ0n) is 21.9. The van der Waals surface area contributed by atoms with E-state index in [9.17, 15) is 13.2 Å². The van der Waals surface area contributed by atoms with Crippen LogP contribution in [0.5, 0.6) is 11.5 Å². The molecule has 1 heterocycles. The van der Waals surface area contributed by atoms with E-state index >= 15 is 0 Å². The Morgan fingerprint density at radius 2 is 1.78 bits per heavy atom. The van der Waals surface area contributed by atoms with Crippen LogP contribution in [0, 0.1) is 13.8 Å². The minimum Gasteiger partial charge on any atom is -0.491 e. The summed E-state index contributed by atoms with van der Waals surface area (Å²) in [6.45, 7) is 10.5. The average Bonchev–Trinajstić information content (AvgIpc) is 2.87. The van der Waals surface area contributed by atoms with Crippen LogP contribution in [0.3, 0.4) is 0 Å². The van der Waals surface area contributed by atoms with Crippen molar-refractivity contribution in [3.8, 4) is 11.5 Å². The number of aryl methyl sites for hydroxylation is 2. The van der Waals surface area contributed by atoms with Gasteiger partial charge in [-0.3, -0.25) is 9.10 Å². The van der Waals surface area contributed by atoms with E-state index in [0.29, 0.717) is 11.4 Å². The molecule has 0 saturated heterocycles. The van der Waals surface area contributed by atoms with Crippen molar-refractivity contribution in [3.63, 3.8) is 0 Å². The van der Waals surface area contributed by atoms with Gasteiger partial charge in [-0.05, 0) is 66.3 Å². The molecule has 1 atom stereocenters. The number of anilines is 1. The van der Waals surface area contributed by atoms with Crippen LogP contribution in [-0.2, 0) is 20.2 Å². The van der Waals surface area contributed by atoms with Gasteiger partial charge in [0.2, 0.25) is 0 Å². The van der Waals surface area contributed by atoms with Gasteiger partial charge in [-0.15, -0.1) is 0 Å². The Hall–Kier alpha value is -3.52. The third kappa shape index (κ3) is 5.91. The van der Waals surface area contributed by atoms with Crippen LogP contribution >= 0.6 is 0 Å². The summed E-state index contributed by atoms with van der Waals surface area (Å²) in [7, 11) is -3.93. The molecule has 196 valence electrons. The van der Waals surface area contributed by atoms with Crippen LogP contribution in [0.4, 0.5) is 5.69 Å². The van der Waals surface area contributed by atoms with Gasteiger partial charge in [0, 0.05) is 0 Å². The smallest absolute Gasteiger partial charge is 0.264 e. The largest absolute Gasteiger partial charge is 0.491 e. The summed E-state index contributed by atoms with van der Waals surface area (Å²) in [5.74, 6) is 0.723. The number of carbonyl (C=O) groups excluding carboxylic acids is 1. The fourth-order valence-electron chi connectivity index (χ4n) is 4.11. The second-order valence-corrected chi connectivity index (χ2v) is 12.2. The molecule has 0 aromatic heterocycles. The van der Waals surface area contributed by atoms with E-state index in [1.807, 2.05) is 44.2 Å². The second-order valence-electron chi connectivity index (χ2n) is 10.3. The number of nitrogens with zero attached hydrogens (tertiary/aromatic N) is 1. The maximum absolute atomic E-state index is 13.7. The number of hydrogen-bond acceptors (Lipinski definition) is 5. The van der Waals surface area contributed by atoms with E-state index in [4.69, 9.17) is 9.47 Å². The molecule has 1 aliphatic rings. The minimum atomic E-state index is -3.93. The number of carbonyl (C=O) groups is 1. The predicted molar refractivity (Wildman–Crippen MR) is 145 cm³/mol. The number of benzene rings is 3. The van der Waals surface area contributed by atoms with E-state index in [-0.39, 0.29) is 30.0 Å². The third-order valence-electron chi connectivity index (χ3n) is 6.32. The summed E-state index contributed by atoms with van der Waals surface area (Å²) in [6.07, 6.45) is -1.01. The molecule has 0 spiro atoms. The standard InChI is InChI=1S/C29H34N2O5S/c1-20-11-12-21(2)26(17-20)35-16-15-30-28(32)27-19-31(37(33,34)23-9-7-6-8-10-23)24-18-22(29(3,4)5)13-14-25(24)36-27/h6-14,17-18,27H,15-16,19H2,1-5H3,(H,30,32)/t27-/m1/s1. The normalized spacial score (nSPS) is 15.5. The van der Waals surface area contributed by atoms with Crippen LogP contribution in [-0.4, -0.2) is 40.1 Å².